The Kier molecular flexibility index (Phi) is 6.53. The van der Waals surface area contributed by atoms with Crippen LogP contribution in [0.1, 0.15) is 15.9 Å². The molecule has 1 N–H and O–H groups in total. The second kappa shape index (κ2) is 9.07. The molecule has 1 saturated heterocycles. The number of aromatic hydroxyl groups is 1. The molecule has 7 nitrogen and oxygen atoms in total. The Balaban J connectivity index is 1.94. The number of morpholine rings is 1. The van der Waals surface area contributed by atoms with Gasteiger partial charge in [0.2, 0.25) is 0 Å². The van der Waals surface area contributed by atoms with Gasteiger partial charge in [-0.1, -0.05) is 15.9 Å². The zero-order valence-corrected chi connectivity index (χ0v) is 17.2. The van der Waals surface area contributed by atoms with E-state index in [4.69, 9.17) is 14.2 Å². The molecule has 0 spiro atoms. The van der Waals surface area contributed by atoms with Crippen molar-refractivity contribution in [3.8, 4) is 11.5 Å². The van der Waals surface area contributed by atoms with Gasteiger partial charge < -0.3 is 24.2 Å². The Hall–Kier alpha value is -2.58. The topological polar surface area (TPSA) is 80.6 Å². The number of phenols is 1. The molecule has 3 rings (SSSR count). The van der Waals surface area contributed by atoms with Crippen molar-refractivity contribution >= 4 is 39.5 Å². The van der Waals surface area contributed by atoms with Crippen molar-refractivity contribution in [2.75, 3.05) is 45.4 Å². The van der Waals surface area contributed by atoms with E-state index in [-0.39, 0.29) is 5.75 Å². The molecule has 1 aliphatic rings. The van der Waals surface area contributed by atoms with Crippen LogP contribution in [-0.2, 0) is 9.47 Å². The Morgan fingerprint density at radius 1 is 1.25 bits per heavy atom. The summed E-state index contributed by atoms with van der Waals surface area (Å²) >= 11 is 3.38. The minimum absolute atomic E-state index is 0.00687. The molecule has 0 amide bonds. The third-order valence-corrected chi connectivity index (χ3v) is 4.84. The summed E-state index contributed by atoms with van der Waals surface area (Å²) in [5, 5.41) is 10.3. The van der Waals surface area contributed by atoms with E-state index in [0.717, 1.165) is 10.2 Å². The van der Waals surface area contributed by atoms with E-state index in [1.165, 1.54) is 20.4 Å². The van der Waals surface area contributed by atoms with E-state index in [0.29, 0.717) is 48.9 Å². The minimum atomic E-state index is -0.425. The molecule has 0 unspecified atom stereocenters. The largest absolute Gasteiger partial charge is 0.504 e. The van der Waals surface area contributed by atoms with Crippen LogP contribution in [0.5, 0.6) is 11.5 Å². The molecule has 1 aliphatic heterocycles. The Bertz CT molecular complexity index is 894. The van der Waals surface area contributed by atoms with E-state index in [1.54, 1.807) is 18.2 Å². The van der Waals surface area contributed by atoms with Crippen LogP contribution in [0.2, 0.25) is 0 Å². The molecule has 0 bridgehead atoms. The molecule has 2 aromatic carbocycles. The first-order valence-electron chi connectivity index (χ1n) is 8.69. The lowest BCUT2D eigenvalue weighted by atomic mass is 10.1. The summed E-state index contributed by atoms with van der Waals surface area (Å²) < 4.78 is 16.2. The van der Waals surface area contributed by atoms with Gasteiger partial charge in [0.1, 0.15) is 0 Å². The maximum atomic E-state index is 12.3. The molecule has 1 fully saturated rings. The number of anilines is 1. The van der Waals surface area contributed by atoms with Crippen molar-refractivity contribution in [2.24, 2.45) is 4.99 Å². The molecular weight excluding hydrogens is 428 g/mol. The van der Waals surface area contributed by atoms with E-state index in [9.17, 15) is 9.90 Å². The van der Waals surface area contributed by atoms with Crippen LogP contribution >= 0.6 is 15.9 Å². The number of rotatable bonds is 5. The van der Waals surface area contributed by atoms with Gasteiger partial charge in [-0.15, -0.1) is 0 Å². The Labute approximate surface area is 171 Å². The summed E-state index contributed by atoms with van der Waals surface area (Å²) in [4.78, 5) is 18.8. The van der Waals surface area contributed by atoms with Gasteiger partial charge in [0.15, 0.2) is 11.5 Å². The predicted molar refractivity (Wildman–Crippen MR) is 110 cm³/mol. The van der Waals surface area contributed by atoms with Gasteiger partial charge in [-0.05, 0) is 30.3 Å². The van der Waals surface area contributed by atoms with E-state index in [1.807, 2.05) is 12.1 Å². The molecular formula is C20H21BrN2O5. The summed E-state index contributed by atoms with van der Waals surface area (Å²) in [6.45, 7) is 2.64. The minimum Gasteiger partial charge on any atom is -0.504 e. The summed E-state index contributed by atoms with van der Waals surface area (Å²) in [6, 6.07) is 8.74. The number of carbonyl (C=O) groups excluding carboxylic acids is 1. The van der Waals surface area contributed by atoms with Gasteiger partial charge in [0, 0.05) is 29.3 Å². The average Bonchev–Trinajstić information content (AvgIpc) is 2.73. The number of aliphatic imine (C=N–C) groups is 1. The lowest BCUT2D eigenvalue weighted by Crippen LogP contribution is -2.37. The first-order chi connectivity index (χ1) is 13.5. The molecule has 8 heteroatoms. The number of halogens is 1. The number of esters is 1. The zero-order chi connectivity index (χ0) is 20.1. The fourth-order valence-electron chi connectivity index (χ4n) is 2.95. The Morgan fingerprint density at radius 2 is 2.00 bits per heavy atom. The molecule has 0 aromatic heterocycles. The van der Waals surface area contributed by atoms with Crippen LogP contribution in [0, 0.1) is 0 Å². The van der Waals surface area contributed by atoms with Crippen molar-refractivity contribution in [1.82, 2.24) is 0 Å². The van der Waals surface area contributed by atoms with Crippen LogP contribution in [0.4, 0.5) is 11.4 Å². The summed E-state index contributed by atoms with van der Waals surface area (Å²) in [7, 11) is 2.84. The van der Waals surface area contributed by atoms with E-state index >= 15 is 0 Å². The van der Waals surface area contributed by atoms with Crippen LogP contribution < -0.4 is 9.64 Å². The quantitative estimate of drug-likeness (QED) is 0.556. The SMILES string of the molecule is COC(=O)c1cc(N=Cc2cc(Br)cc(OC)c2O)ccc1N1CCOCC1. The predicted octanol–water partition coefficient (Wildman–Crippen LogP) is 3.54. The number of methoxy groups -OCH3 is 2. The normalized spacial score (nSPS) is 14.3. The van der Waals surface area contributed by atoms with Gasteiger partial charge in [0.25, 0.3) is 0 Å². The molecule has 2 aromatic rings. The first kappa shape index (κ1) is 20.2. The van der Waals surface area contributed by atoms with Crippen molar-refractivity contribution in [1.29, 1.82) is 0 Å². The molecule has 0 aliphatic carbocycles. The molecule has 0 radical (unpaired) electrons. The summed E-state index contributed by atoms with van der Waals surface area (Å²) in [5.74, 6) is -0.0909. The van der Waals surface area contributed by atoms with E-state index < -0.39 is 5.97 Å². The van der Waals surface area contributed by atoms with Gasteiger partial charge in [0.05, 0.1) is 44.4 Å². The maximum Gasteiger partial charge on any atom is 0.340 e. The van der Waals surface area contributed by atoms with Crippen LogP contribution in [0.25, 0.3) is 0 Å². The third kappa shape index (κ3) is 4.45. The lowest BCUT2D eigenvalue weighted by molar-refractivity contribution is 0.0600. The average molecular weight is 449 g/mol. The number of benzene rings is 2. The van der Waals surface area contributed by atoms with Gasteiger partial charge in [-0.25, -0.2) is 4.79 Å². The fourth-order valence-corrected chi connectivity index (χ4v) is 3.40. The van der Waals surface area contributed by atoms with Crippen LogP contribution in [0.3, 0.4) is 0 Å². The number of phenolic OH excluding ortho intramolecular Hbond substituents is 1. The third-order valence-electron chi connectivity index (χ3n) is 4.38. The molecule has 0 saturated carbocycles. The van der Waals surface area contributed by atoms with Crippen LogP contribution in [-0.4, -0.2) is 57.8 Å². The van der Waals surface area contributed by atoms with Crippen molar-refractivity contribution in [2.45, 2.75) is 0 Å². The van der Waals surface area contributed by atoms with Crippen molar-refractivity contribution < 1.29 is 24.1 Å². The van der Waals surface area contributed by atoms with Crippen molar-refractivity contribution in [3.63, 3.8) is 0 Å². The highest BCUT2D eigenvalue weighted by atomic mass is 79.9. The number of ether oxygens (including phenoxy) is 3. The highest BCUT2D eigenvalue weighted by molar-refractivity contribution is 9.10. The fraction of sp³-hybridized carbons (Fsp3) is 0.300. The molecule has 28 heavy (non-hydrogen) atoms. The van der Waals surface area contributed by atoms with Gasteiger partial charge in [-0.2, -0.15) is 0 Å². The number of hydrogen-bond donors (Lipinski definition) is 1. The lowest BCUT2D eigenvalue weighted by Gasteiger charge is -2.30. The second-order valence-electron chi connectivity index (χ2n) is 6.10. The molecule has 148 valence electrons. The molecule has 1 heterocycles. The highest BCUT2D eigenvalue weighted by Gasteiger charge is 2.20. The number of hydrogen-bond acceptors (Lipinski definition) is 7. The van der Waals surface area contributed by atoms with Gasteiger partial charge in [-0.3, -0.25) is 4.99 Å². The zero-order valence-electron chi connectivity index (χ0n) is 15.6. The number of carbonyl (C=O) groups is 1. The monoisotopic (exact) mass is 448 g/mol. The van der Waals surface area contributed by atoms with E-state index in [2.05, 4.69) is 25.8 Å². The van der Waals surface area contributed by atoms with Gasteiger partial charge >= 0.3 is 5.97 Å². The first-order valence-corrected chi connectivity index (χ1v) is 9.48. The summed E-state index contributed by atoms with van der Waals surface area (Å²) in [5.41, 5.74) is 2.29. The maximum absolute atomic E-state index is 12.3. The Morgan fingerprint density at radius 3 is 2.68 bits per heavy atom. The highest BCUT2D eigenvalue weighted by Crippen LogP contribution is 2.33. The standard InChI is InChI=1S/C20H21BrN2O5/c1-26-18-10-14(21)9-13(19(18)24)12-22-15-3-4-17(16(11-15)20(25)27-2)23-5-7-28-8-6-23/h3-4,9-12,24H,5-8H2,1-2H3. The smallest absolute Gasteiger partial charge is 0.340 e. The second-order valence-corrected chi connectivity index (χ2v) is 7.01. The number of nitrogens with zero attached hydrogens (tertiary/aromatic N) is 2. The van der Waals surface area contributed by atoms with Crippen LogP contribution in [0.15, 0.2) is 39.8 Å². The molecule has 0 atom stereocenters. The summed E-state index contributed by atoms with van der Waals surface area (Å²) in [6.07, 6.45) is 1.52. The van der Waals surface area contributed by atoms with Crippen molar-refractivity contribution in [3.05, 3.63) is 45.9 Å².